The van der Waals surface area contributed by atoms with Crippen LogP contribution < -0.4 is 4.74 Å². The number of cyclic esters (lactones) is 1. The fourth-order valence-electron chi connectivity index (χ4n) is 2.22. The highest BCUT2D eigenvalue weighted by Crippen LogP contribution is 2.29. The van der Waals surface area contributed by atoms with Crippen molar-refractivity contribution in [3.8, 4) is 5.75 Å². The lowest BCUT2D eigenvalue weighted by Crippen LogP contribution is -2.05. The molecule has 8 heteroatoms. The number of benzene rings is 2. The molecule has 0 aromatic heterocycles. The van der Waals surface area contributed by atoms with E-state index in [1.807, 2.05) is 0 Å². The van der Waals surface area contributed by atoms with Gasteiger partial charge in [0.2, 0.25) is 5.90 Å². The van der Waals surface area contributed by atoms with Crippen LogP contribution in [0.2, 0.25) is 5.02 Å². The van der Waals surface area contributed by atoms with Crippen molar-refractivity contribution in [3.05, 3.63) is 74.4 Å². The number of aliphatic imine (C=N–C) groups is 1. The number of halogens is 1. The Morgan fingerprint density at radius 2 is 1.96 bits per heavy atom. The Labute approximate surface area is 147 Å². The molecule has 0 saturated heterocycles. The van der Waals surface area contributed by atoms with E-state index in [9.17, 15) is 14.9 Å². The van der Waals surface area contributed by atoms with Crippen LogP contribution in [-0.2, 0) is 9.53 Å². The topological polar surface area (TPSA) is 91.0 Å². The van der Waals surface area contributed by atoms with Gasteiger partial charge in [0.1, 0.15) is 0 Å². The van der Waals surface area contributed by atoms with Gasteiger partial charge >= 0.3 is 11.7 Å². The van der Waals surface area contributed by atoms with Crippen LogP contribution in [0, 0.1) is 10.1 Å². The predicted octanol–water partition coefficient (Wildman–Crippen LogP) is 3.60. The minimum atomic E-state index is -0.636. The SMILES string of the molecule is COc1ccc(/C=C2/N=C(c3ccc(Cl)cc3)OC2=O)cc1[N+](=O)[O-]. The first-order valence-electron chi connectivity index (χ1n) is 7.09. The largest absolute Gasteiger partial charge is 0.490 e. The lowest BCUT2D eigenvalue weighted by Gasteiger charge is -2.02. The molecule has 2 aromatic rings. The summed E-state index contributed by atoms with van der Waals surface area (Å²) < 4.78 is 10.1. The Morgan fingerprint density at radius 1 is 1.24 bits per heavy atom. The third kappa shape index (κ3) is 3.51. The lowest BCUT2D eigenvalue weighted by atomic mass is 10.1. The summed E-state index contributed by atoms with van der Waals surface area (Å²) >= 11 is 5.82. The number of methoxy groups -OCH3 is 1. The van der Waals surface area contributed by atoms with Gasteiger partial charge in [-0.05, 0) is 42.0 Å². The van der Waals surface area contributed by atoms with Crippen molar-refractivity contribution in [3.63, 3.8) is 0 Å². The Hall–Kier alpha value is -3.19. The third-order valence-corrected chi connectivity index (χ3v) is 3.67. The minimum Gasteiger partial charge on any atom is -0.490 e. The molecule has 25 heavy (non-hydrogen) atoms. The second-order valence-corrected chi connectivity index (χ2v) is 5.47. The lowest BCUT2D eigenvalue weighted by molar-refractivity contribution is -0.385. The highest BCUT2D eigenvalue weighted by molar-refractivity contribution is 6.30. The molecule has 0 aliphatic carbocycles. The van der Waals surface area contributed by atoms with E-state index >= 15 is 0 Å². The first kappa shape index (κ1) is 16.7. The number of carbonyl (C=O) groups excluding carboxylic acids is 1. The minimum absolute atomic E-state index is 0.0458. The molecule has 0 radical (unpaired) electrons. The van der Waals surface area contributed by atoms with E-state index in [2.05, 4.69) is 4.99 Å². The van der Waals surface area contributed by atoms with Gasteiger partial charge in [0.25, 0.3) is 0 Å². The van der Waals surface area contributed by atoms with Gasteiger partial charge in [-0.15, -0.1) is 0 Å². The van der Waals surface area contributed by atoms with Gasteiger partial charge in [-0.2, -0.15) is 0 Å². The third-order valence-electron chi connectivity index (χ3n) is 3.41. The Balaban J connectivity index is 1.95. The number of hydrogen-bond donors (Lipinski definition) is 0. The van der Waals surface area contributed by atoms with E-state index in [1.54, 1.807) is 30.3 Å². The zero-order valence-corrected chi connectivity index (χ0v) is 13.7. The molecule has 3 rings (SSSR count). The van der Waals surface area contributed by atoms with Crippen LogP contribution in [0.5, 0.6) is 5.75 Å². The smallest absolute Gasteiger partial charge is 0.363 e. The summed E-state index contributed by atoms with van der Waals surface area (Å²) in [6.45, 7) is 0. The van der Waals surface area contributed by atoms with Crippen LogP contribution in [0.15, 0.2) is 53.2 Å². The number of ether oxygens (including phenoxy) is 2. The molecule has 0 atom stereocenters. The van der Waals surface area contributed by atoms with Crippen molar-refractivity contribution in [2.75, 3.05) is 7.11 Å². The molecule has 0 spiro atoms. The highest BCUT2D eigenvalue weighted by atomic mass is 35.5. The normalized spacial score (nSPS) is 15.0. The van der Waals surface area contributed by atoms with Crippen molar-refractivity contribution >= 4 is 35.2 Å². The maximum Gasteiger partial charge on any atom is 0.363 e. The molecule has 1 heterocycles. The average molecular weight is 359 g/mol. The molecule has 0 unspecified atom stereocenters. The van der Waals surface area contributed by atoms with Gasteiger partial charge < -0.3 is 9.47 Å². The molecule has 7 nitrogen and oxygen atoms in total. The summed E-state index contributed by atoms with van der Waals surface area (Å²) in [5.41, 5.74) is 0.872. The molecule has 126 valence electrons. The summed E-state index contributed by atoms with van der Waals surface area (Å²) in [6, 6.07) is 11.0. The number of esters is 1. The predicted molar refractivity (Wildman–Crippen MR) is 91.7 cm³/mol. The fourth-order valence-corrected chi connectivity index (χ4v) is 2.35. The van der Waals surface area contributed by atoms with E-state index in [1.165, 1.54) is 25.3 Å². The number of carbonyl (C=O) groups is 1. The molecule has 0 saturated carbocycles. The van der Waals surface area contributed by atoms with Crippen LogP contribution in [-0.4, -0.2) is 23.9 Å². The monoisotopic (exact) mass is 358 g/mol. The van der Waals surface area contributed by atoms with Crippen LogP contribution in [0.1, 0.15) is 11.1 Å². The molecule has 1 aliphatic heterocycles. The van der Waals surface area contributed by atoms with Crippen LogP contribution >= 0.6 is 11.6 Å². The zero-order valence-electron chi connectivity index (χ0n) is 12.9. The van der Waals surface area contributed by atoms with Gasteiger partial charge in [0, 0.05) is 16.7 Å². The number of nitro groups is 1. The van der Waals surface area contributed by atoms with Gasteiger partial charge in [-0.25, -0.2) is 9.79 Å². The number of nitrogens with zero attached hydrogens (tertiary/aromatic N) is 2. The summed E-state index contributed by atoms with van der Waals surface area (Å²) in [7, 11) is 1.34. The standard InChI is InChI=1S/C17H11ClN2O5/c1-24-15-7-2-10(9-14(15)20(22)23)8-13-17(21)25-16(19-13)11-3-5-12(18)6-4-11/h2-9H,1H3/b13-8+. The highest BCUT2D eigenvalue weighted by Gasteiger charge is 2.24. The number of hydrogen-bond acceptors (Lipinski definition) is 6. The van der Waals surface area contributed by atoms with Crippen molar-refractivity contribution in [1.29, 1.82) is 0 Å². The first-order chi connectivity index (χ1) is 12.0. The van der Waals surface area contributed by atoms with Crippen molar-refractivity contribution in [2.45, 2.75) is 0 Å². The van der Waals surface area contributed by atoms with Crippen molar-refractivity contribution in [2.24, 2.45) is 4.99 Å². The molecule has 0 N–H and O–H groups in total. The first-order valence-corrected chi connectivity index (χ1v) is 7.46. The number of rotatable bonds is 4. The summed E-state index contributed by atoms with van der Waals surface area (Å²) in [6.07, 6.45) is 1.41. The maximum absolute atomic E-state index is 12.0. The zero-order chi connectivity index (χ0) is 18.0. The molecular formula is C17H11ClN2O5. The van der Waals surface area contributed by atoms with Crippen LogP contribution in [0.25, 0.3) is 6.08 Å². The second kappa shape index (κ2) is 6.74. The molecular weight excluding hydrogens is 348 g/mol. The Bertz CT molecular complexity index is 919. The maximum atomic E-state index is 12.0. The summed E-state index contributed by atoms with van der Waals surface area (Å²) in [5, 5.41) is 11.6. The Kier molecular flexibility index (Phi) is 4.49. The molecule has 1 aliphatic rings. The second-order valence-electron chi connectivity index (χ2n) is 5.03. The van der Waals surface area contributed by atoms with Crippen molar-refractivity contribution < 1.29 is 19.2 Å². The van der Waals surface area contributed by atoms with E-state index < -0.39 is 10.9 Å². The van der Waals surface area contributed by atoms with E-state index in [0.29, 0.717) is 16.1 Å². The fraction of sp³-hybridized carbons (Fsp3) is 0.0588. The summed E-state index contributed by atoms with van der Waals surface area (Å²) in [5.74, 6) is -0.356. The van der Waals surface area contributed by atoms with Gasteiger partial charge in [0.15, 0.2) is 11.4 Å². The average Bonchev–Trinajstić information content (AvgIpc) is 2.96. The summed E-state index contributed by atoms with van der Waals surface area (Å²) in [4.78, 5) is 26.6. The van der Waals surface area contributed by atoms with Gasteiger partial charge in [-0.1, -0.05) is 17.7 Å². The van der Waals surface area contributed by atoms with Crippen LogP contribution in [0.3, 0.4) is 0 Å². The Morgan fingerprint density at radius 3 is 2.60 bits per heavy atom. The van der Waals surface area contributed by atoms with Crippen molar-refractivity contribution in [1.82, 2.24) is 0 Å². The van der Waals surface area contributed by atoms with Crippen LogP contribution in [0.4, 0.5) is 5.69 Å². The van der Waals surface area contributed by atoms with E-state index in [4.69, 9.17) is 21.1 Å². The van der Waals surface area contributed by atoms with Gasteiger partial charge in [0.05, 0.1) is 12.0 Å². The molecule has 0 fully saturated rings. The molecule has 2 aromatic carbocycles. The molecule has 0 bridgehead atoms. The van der Waals surface area contributed by atoms with E-state index in [-0.39, 0.29) is 23.0 Å². The molecule has 0 amide bonds. The quantitative estimate of drug-likeness (QED) is 0.360. The number of nitro benzene ring substituents is 1. The van der Waals surface area contributed by atoms with Gasteiger partial charge in [-0.3, -0.25) is 10.1 Å². The van der Waals surface area contributed by atoms with E-state index in [0.717, 1.165) is 0 Å².